The number of pyridine rings is 1. The molecular formula is C17H17FN4O3S. The van der Waals surface area contributed by atoms with Crippen LogP contribution in [0.1, 0.15) is 12.8 Å². The first-order chi connectivity index (χ1) is 12.5. The fourth-order valence-electron chi connectivity index (χ4n) is 3.26. The summed E-state index contributed by atoms with van der Waals surface area (Å²) in [5.41, 5.74) is 0.598. The molecule has 1 aromatic heterocycles. The highest BCUT2D eigenvalue weighted by atomic mass is 32.2. The highest BCUT2D eigenvalue weighted by molar-refractivity contribution is 7.85. The molecule has 9 heteroatoms. The van der Waals surface area contributed by atoms with Crippen LogP contribution in [0.25, 0.3) is 11.1 Å². The van der Waals surface area contributed by atoms with Gasteiger partial charge in [0.15, 0.2) is 5.82 Å². The normalized spacial score (nSPS) is 19.9. The minimum absolute atomic E-state index is 0.247. The van der Waals surface area contributed by atoms with Crippen molar-refractivity contribution < 1.29 is 18.5 Å². The molecular weight excluding hydrogens is 359 g/mol. The summed E-state index contributed by atoms with van der Waals surface area (Å²) in [4.78, 5) is 17.9. The molecule has 2 aromatic rings. The maximum atomic E-state index is 15.2. The molecule has 2 saturated heterocycles. The van der Waals surface area contributed by atoms with Gasteiger partial charge in [-0.1, -0.05) is 0 Å². The maximum absolute atomic E-state index is 15.2. The van der Waals surface area contributed by atoms with Crippen LogP contribution in [-0.4, -0.2) is 39.8 Å². The number of phenols is 1. The predicted octanol–water partition coefficient (Wildman–Crippen LogP) is 1.71. The molecule has 0 radical (unpaired) electrons. The first-order valence-electron chi connectivity index (χ1n) is 8.26. The van der Waals surface area contributed by atoms with Gasteiger partial charge < -0.3 is 10.0 Å². The number of hydrogen-bond acceptors (Lipinski definition) is 5. The number of aromatic hydroxyl groups is 1. The zero-order valence-electron chi connectivity index (χ0n) is 13.8. The summed E-state index contributed by atoms with van der Waals surface area (Å²) in [5.74, 6) is -0.818. The SMILES string of the molecule is O=C1CN(c2c(O)ccc(-c3ccnc(N4CCCC4)c3)c2F)S(=O)N1. The number of carbonyl (C=O) groups is 1. The zero-order valence-corrected chi connectivity index (χ0v) is 14.6. The summed E-state index contributed by atoms with van der Waals surface area (Å²) in [5, 5.41) is 10.1. The number of nitrogens with one attached hydrogen (secondary N) is 1. The van der Waals surface area contributed by atoms with Crippen LogP contribution in [0.4, 0.5) is 15.9 Å². The molecule has 2 fully saturated rings. The van der Waals surface area contributed by atoms with E-state index in [2.05, 4.69) is 14.6 Å². The van der Waals surface area contributed by atoms with Crippen molar-refractivity contribution in [2.24, 2.45) is 0 Å². The minimum atomic E-state index is -1.92. The lowest BCUT2D eigenvalue weighted by molar-refractivity contribution is -0.117. The number of aromatic nitrogens is 1. The molecule has 4 rings (SSSR count). The van der Waals surface area contributed by atoms with Crippen LogP contribution >= 0.6 is 0 Å². The van der Waals surface area contributed by atoms with Gasteiger partial charge in [-0.2, -0.15) is 0 Å². The third-order valence-corrected chi connectivity index (χ3v) is 5.63. The number of halogens is 1. The zero-order chi connectivity index (χ0) is 18.3. The molecule has 1 amide bonds. The van der Waals surface area contributed by atoms with Crippen LogP contribution in [0.2, 0.25) is 0 Å². The van der Waals surface area contributed by atoms with E-state index in [1.165, 1.54) is 12.1 Å². The van der Waals surface area contributed by atoms with Gasteiger partial charge in [0, 0.05) is 24.8 Å². The quantitative estimate of drug-likeness (QED) is 0.852. The third-order valence-electron chi connectivity index (χ3n) is 4.52. The van der Waals surface area contributed by atoms with E-state index in [0.717, 1.165) is 36.1 Å². The van der Waals surface area contributed by atoms with E-state index in [1.54, 1.807) is 18.3 Å². The van der Waals surface area contributed by atoms with Crippen molar-refractivity contribution in [1.82, 2.24) is 9.71 Å². The summed E-state index contributed by atoms with van der Waals surface area (Å²) in [6.07, 6.45) is 3.82. The molecule has 1 atom stereocenters. The first-order valence-corrected chi connectivity index (χ1v) is 9.37. The highest BCUT2D eigenvalue weighted by Crippen LogP contribution is 2.38. The van der Waals surface area contributed by atoms with Crippen LogP contribution in [0, 0.1) is 5.82 Å². The van der Waals surface area contributed by atoms with Gasteiger partial charge >= 0.3 is 0 Å². The molecule has 0 bridgehead atoms. The van der Waals surface area contributed by atoms with E-state index >= 15 is 4.39 Å². The second-order valence-corrected chi connectivity index (χ2v) is 7.35. The number of phenolic OH excluding ortho intramolecular Hbond substituents is 1. The third kappa shape index (κ3) is 2.88. The highest BCUT2D eigenvalue weighted by Gasteiger charge is 2.32. The van der Waals surface area contributed by atoms with Crippen LogP contribution < -0.4 is 13.9 Å². The number of nitrogens with zero attached hydrogens (tertiary/aromatic N) is 3. The van der Waals surface area contributed by atoms with Crippen LogP contribution in [0.15, 0.2) is 30.5 Å². The second-order valence-electron chi connectivity index (χ2n) is 6.20. The monoisotopic (exact) mass is 376 g/mol. The Morgan fingerprint density at radius 1 is 1.23 bits per heavy atom. The largest absolute Gasteiger partial charge is 0.506 e. The summed E-state index contributed by atoms with van der Waals surface area (Å²) in [7, 11) is 0. The van der Waals surface area contributed by atoms with Crippen molar-refractivity contribution in [3.05, 3.63) is 36.3 Å². The van der Waals surface area contributed by atoms with Gasteiger partial charge in [-0.3, -0.25) is 13.8 Å². The van der Waals surface area contributed by atoms with Gasteiger partial charge in [0.1, 0.15) is 23.8 Å². The Morgan fingerprint density at radius 3 is 2.69 bits per heavy atom. The van der Waals surface area contributed by atoms with Crippen LogP contribution in [0.3, 0.4) is 0 Å². The number of amides is 1. The Balaban J connectivity index is 1.76. The van der Waals surface area contributed by atoms with Gasteiger partial charge in [0.2, 0.25) is 11.2 Å². The van der Waals surface area contributed by atoms with Crippen molar-refractivity contribution in [2.75, 3.05) is 28.8 Å². The number of hydrogen-bond donors (Lipinski definition) is 2. The molecule has 1 aromatic carbocycles. The Morgan fingerprint density at radius 2 is 2.00 bits per heavy atom. The number of carbonyl (C=O) groups excluding carboxylic acids is 1. The average molecular weight is 376 g/mol. The summed E-state index contributed by atoms with van der Waals surface area (Å²) >= 11 is -1.92. The summed E-state index contributed by atoms with van der Waals surface area (Å²) < 4.78 is 30.4. The fraction of sp³-hybridized carbons (Fsp3) is 0.294. The molecule has 0 aliphatic carbocycles. The molecule has 2 aliphatic rings. The lowest BCUT2D eigenvalue weighted by atomic mass is 10.0. The van der Waals surface area contributed by atoms with Crippen molar-refractivity contribution in [3.8, 4) is 16.9 Å². The molecule has 0 saturated carbocycles. The molecule has 26 heavy (non-hydrogen) atoms. The van der Waals surface area contributed by atoms with Gasteiger partial charge in [0.05, 0.1) is 0 Å². The molecule has 2 N–H and O–H groups in total. The lowest BCUT2D eigenvalue weighted by Crippen LogP contribution is -2.23. The van der Waals surface area contributed by atoms with E-state index in [9.17, 15) is 14.1 Å². The van der Waals surface area contributed by atoms with E-state index in [-0.39, 0.29) is 23.5 Å². The molecule has 3 heterocycles. The van der Waals surface area contributed by atoms with Crippen molar-refractivity contribution in [1.29, 1.82) is 0 Å². The smallest absolute Gasteiger partial charge is 0.253 e. The number of rotatable bonds is 3. The Bertz CT molecular complexity index is 902. The maximum Gasteiger partial charge on any atom is 0.253 e. The van der Waals surface area contributed by atoms with E-state index in [1.807, 2.05) is 0 Å². The molecule has 2 aliphatic heterocycles. The van der Waals surface area contributed by atoms with Crippen molar-refractivity contribution >= 4 is 28.6 Å². The van der Waals surface area contributed by atoms with Gasteiger partial charge in [-0.25, -0.2) is 13.6 Å². The van der Waals surface area contributed by atoms with Crippen molar-refractivity contribution in [3.63, 3.8) is 0 Å². The molecule has 136 valence electrons. The predicted molar refractivity (Wildman–Crippen MR) is 96.4 cm³/mol. The summed E-state index contributed by atoms with van der Waals surface area (Å²) in [6, 6.07) is 6.28. The topological polar surface area (TPSA) is 85.8 Å². The Labute approximate surface area is 152 Å². The van der Waals surface area contributed by atoms with Gasteiger partial charge in [-0.15, -0.1) is 0 Å². The van der Waals surface area contributed by atoms with E-state index < -0.39 is 22.9 Å². The van der Waals surface area contributed by atoms with Crippen LogP contribution in [0.5, 0.6) is 5.75 Å². The first kappa shape index (κ1) is 16.8. The second kappa shape index (κ2) is 6.56. The van der Waals surface area contributed by atoms with Gasteiger partial charge in [0.25, 0.3) is 5.91 Å². The Kier molecular flexibility index (Phi) is 4.23. The van der Waals surface area contributed by atoms with E-state index in [0.29, 0.717) is 5.56 Å². The molecule has 0 spiro atoms. The lowest BCUT2D eigenvalue weighted by Gasteiger charge is -2.19. The number of anilines is 2. The Hall–Kier alpha value is -2.68. The van der Waals surface area contributed by atoms with E-state index in [4.69, 9.17) is 0 Å². The molecule has 7 nitrogen and oxygen atoms in total. The van der Waals surface area contributed by atoms with Crippen molar-refractivity contribution in [2.45, 2.75) is 12.8 Å². The van der Waals surface area contributed by atoms with Gasteiger partial charge in [-0.05, 0) is 42.7 Å². The summed E-state index contributed by atoms with van der Waals surface area (Å²) in [6.45, 7) is 1.55. The molecule has 1 unspecified atom stereocenters. The minimum Gasteiger partial charge on any atom is -0.506 e. The average Bonchev–Trinajstić information content (AvgIpc) is 3.25. The fourth-order valence-corrected chi connectivity index (χ4v) is 4.20. The van der Waals surface area contributed by atoms with Crippen LogP contribution in [-0.2, 0) is 16.0 Å². The standard InChI is InChI=1S/C17H17FN4O3S/c18-16-12(11-5-6-19-14(9-11)21-7-1-2-8-21)3-4-13(23)17(16)22-10-15(24)20-26(22)25/h3-6,9,23H,1-2,7-8,10H2,(H,20,24). The number of benzene rings is 1.